The molecular formula is C48H47NOS. The molecule has 6 aliphatic rings. The van der Waals surface area contributed by atoms with E-state index in [1.54, 1.807) is 11.1 Å². The molecule has 1 aromatic heterocycles. The van der Waals surface area contributed by atoms with Gasteiger partial charge in [0.1, 0.15) is 11.2 Å². The normalized spacial score (nSPS) is 27.8. The van der Waals surface area contributed by atoms with Gasteiger partial charge < -0.3 is 9.32 Å². The zero-order valence-electron chi connectivity index (χ0n) is 30.3. The minimum Gasteiger partial charge on any atom is -0.456 e. The first kappa shape index (κ1) is 30.7. The van der Waals surface area contributed by atoms with Crippen LogP contribution in [0.25, 0.3) is 21.9 Å². The van der Waals surface area contributed by atoms with Crippen LogP contribution in [-0.2, 0) is 16.2 Å². The lowest BCUT2D eigenvalue weighted by Gasteiger charge is -2.63. The summed E-state index contributed by atoms with van der Waals surface area (Å²) in [6.07, 6.45) is 9.37. The Balaban J connectivity index is 1.21. The molecule has 51 heavy (non-hydrogen) atoms. The Morgan fingerprint density at radius 3 is 2.06 bits per heavy atom. The average molecular weight is 686 g/mol. The van der Waals surface area contributed by atoms with Crippen LogP contribution in [-0.4, -0.2) is 0 Å². The maximum absolute atomic E-state index is 6.56. The van der Waals surface area contributed by atoms with Crippen LogP contribution in [0.4, 0.5) is 17.1 Å². The standard InChI is InChI=1S/C48H47NOS/c1-46(2)21-22-47(3,4)45-36(46)13-9-15-39(45)49(38-14-10-17-41-44(38)34-11-5-7-16-40(34)50-41)33-19-20-43-37(28-33)48(35-12-6-8-18-42(35)51-43)31-24-29-23-30(26-31)27-32(48)25-29/h5-20,28-32H,21-27H2,1-4H3. The van der Waals surface area contributed by atoms with Gasteiger partial charge in [-0.2, -0.15) is 0 Å². The Morgan fingerprint density at radius 2 is 1.24 bits per heavy atom. The van der Waals surface area contributed by atoms with Crippen LogP contribution < -0.4 is 4.90 Å². The summed E-state index contributed by atoms with van der Waals surface area (Å²) in [4.78, 5) is 5.59. The molecule has 0 amide bonds. The number of furan rings is 1. The molecule has 0 radical (unpaired) electrons. The van der Waals surface area contributed by atoms with Gasteiger partial charge in [0.25, 0.3) is 0 Å². The highest BCUT2D eigenvalue weighted by Gasteiger charge is 2.60. The highest BCUT2D eigenvalue weighted by molar-refractivity contribution is 7.99. The van der Waals surface area contributed by atoms with Gasteiger partial charge in [-0.05, 0) is 150 Å². The molecule has 2 nitrogen and oxygen atoms in total. The minimum atomic E-state index is 0.0394. The molecule has 0 atom stereocenters. The molecule has 0 saturated heterocycles. The Kier molecular flexibility index (Phi) is 6.35. The van der Waals surface area contributed by atoms with Crippen LogP contribution in [0.5, 0.6) is 0 Å². The van der Waals surface area contributed by atoms with Crippen molar-refractivity contribution in [3.05, 3.63) is 125 Å². The molecule has 2 heterocycles. The first-order valence-electron chi connectivity index (χ1n) is 19.5. The van der Waals surface area contributed by atoms with E-state index in [-0.39, 0.29) is 16.2 Å². The number of rotatable bonds is 3. The van der Waals surface area contributed by atoms with Gasteiger partial charge in [-0.15, -0.1) is 0 Å². The number of fused-ring (bicyclic) bond motifs is 6. The van der Waals surface area contributed by atoms with Crippen molar-refractivity contribution in [3.8, 4) is 0 Å². The molecule has 256 valence electrons. The van der Waals surface area contributed by atoms with Crippen LogP contribution >= 0.6 is 11.8 Å². The summed E-state index contributed by atoms with van der Waals surface area (Å²) in [6.45, 7) is 9.84. The highest BCUT2D eigenvalue weighted by atomic mass is 32.2. The van der Waals surface area contributed by atoms with E-state index in [1.807, 2.05) is 11.8 Å². The summed E-state index contributed by atoms with van der Waals surface area (Å²) in [5, 5.41) is 2.37. The molecule has 1 aliphatic heterocycles. The Morgan fingerprint density at radius 1 is 0.588 bits per heavy atom. The van der Waals surface area contributed by atoms with Crippen molar-refractivity contribution in [1.29, 1.82) is 0 Å². The molecule has 4 bridgehead atoms. The second-order valence-electron chi connectivity index (χ2n) is 18.0. The number of nitrogens with zero attached hydrogens (tertiary/aromatic N) is 1. The predicted octanol–water partition coefficient (Wildman–Crippen LogP) is 13.6. The van der Waals surface area contributed by atoms with E-state index in [0.717, 1.165) is 23.0 Å². The number of benzene rings is 5. The van der Waals surface area contributed by atoms with E-state index >= 15 is 0 Å². The van der Waals surface area contributed by atoms with Crippen LogP contribution in [0.1, 0.15) is 94.9 Å². The van der Waals surface area contributed by atoms with Crippen molar-refractivity contribution < 1.29 is 4.42 Å². The topological polar surface area (TPSA) is 16.4 Å². The van der Waals surface area contributed by atoms with Crippen molar-refractivity contribution >= 4 is 50.8 Å². The van der Waals surface area contributed by atoms with Crippen molar-refractivity contribution in [2.24, 2.45) is 23.7 Å². The summed E-state index contributed by atoms with van der Waals surface area (Å²) in [7, 11) is 0. The van der Waals surface area contributed by atoms with E-state index in [0.29, 0.717) is 11.8 Å². The quantitative estimate of drug-likeness (QED) is 0.184. The molecule has 5 aromatic carbocycles. The predicted molar refractivity (Wildman–Crippen MR) is 212 cm³/mol. The fraction of sp³-hybridized carbons (Fsp3) is 0.375. The largest absolute Gasteiger partial charge is 0.456 e. The van der Waals surface area contributed by atoms with E-state index in [9.17, 15) is 0 Å². The summed E-state index contributed by atoms with van der Waals surface area (Å²) in [5.74, 6) is 3.25. The van der Waals surface area contributed by atoms with E-state index in [1.165, 1.54) is 93.7 Å². The fourth-order valence-corrected chi connectivity index (χ4v) is 13.5. The van der Waals surface area contributed by atoms with E-state index < -0.39 is 0 Å². The summed E-state index contributed by atoms with van der Waals surface area (Å²) in [5.41, 5.74) is 12.1. The smallest absolute Gasteiger partial charge is 0.137 e. The highest BCUT2D eigenvalue weighted by Crippen LogP contribution is 2.69. The van der Waals surface area contributed by atoms with Gasteiger partial charge in [0, 0.05) is 26.3 Å². The molecule has 3 heteroatoms. The first-order valence-corrected chi connectivity index (χ1v) is 20.3. The van der Waals surface area contributed by atoms with Gasteiger partial charge in [0.15, 0.2) is 0 Å². The Labute approximate surface area is 306 Å². The van der Waals surface area contributed by atoms with Gasteiger partial charge in [0.2, 0.25) is 0 Å². The number of hydrogen-bond donors (Lipinski definition) is 0. The van der Waals surface area contributed by atoms with Crippen molar-refractivity contribution in [3.63, 3.8) is 0 Å². The fourth-order valence-electron chi connectivity index (χ4n) is 12.3. The van der Waals surface area contributed by atoms with Crippen LogP contribution in [0.2, 0.25) is 0 Å². The molecule has 4 fully saturated rings. The van der Waals surface area contributed by atoms with E-state index in [4.69, 9.17) is 4.42 Å². The maximum Gasteiger partial charge on any atom is 0.137 e. The van der Waals surface area contributed by atoms with Crippen molar-refractivity contribution in [2.45, 2.75) is 98.7 Å². The Hall–Kier alpha value is -3.95. The van der Waals surface area contributed by atoms with Gasteiger partial charge in [-0.1, -0.05) is 94.1 Å². The SMILES string of the molecule is CC1(C)CCC(C)(C)c2c(N(c3ccc4c(c3)C3(c5ccccc5S4)C4CC5CC(C4)CC3C5)c3cccc4oc5ccccc5c34)cccc21. The lowest BCUT2D eigenvalue weighted by Crippen LogP contribution is -2.57. The van der Waals surface area contributed by atoms with Gasteiger partial charge in [0.05, 0.1) is 16.8 Å². The maximum atomic E-state index is 6.56. The molecular weight excluding hydrogens is 639 g/mol. The molecule has 1 spiro atoms. The molecule has 0 N–H and O–H groups in total. The third-order valence-electron chi connectivity index (χ3n) is 14.3. The van der Waals surface area contributed by atoms with E-state index in [2.05, 4.69) is 136 Å². The van der Waals surface area contributed by atoms with Crippen LogP contribution in [0, 0.1) is 23.7 Å². The molecule has 5 aliphatic carbocycles. The lowest BCUT2D eigenvalue weighted by atomic mass is 9.42. The molecule has 4 saturated carbocycles. The van der Waals surface area contributed by atoms with Gasteiger partial charge >= 0.3 is 0 Å². The van der Waals surface area contributed by atoms with Crippen LogP contribution in [0.3, 0.4) is 0 Å². The second-order valence-corrected chi connectivity index (χ2v) is 19.1. The zero-order valence-corrected chi connectivity index (χ0v) is 31.2. The average Bonchev–Trinajstić information content (AvgIpc) is 3.51. The molecule has 6 aromatic rings. The second kappa shape index (κ2) is 10.6. The number of anilines is 3. The summed E-state index contributed by atoms with van der Waals surface area (Å²) >= 11 is 2.01. The van der Waals surface area contributed by atoms with Crippen molar-refractivity contribution in [1.82, 2.24) is 0 Å². The van der Waals surface area contributed by atoms with Crippen LogP contribution in [0.15, 0.2) is 117 Å². The summed E-state index contributed by atoms with van der Waals surface area (Å²) < 4.78 is 6.56. The zero-order chi connectivity index (χ0) is 34.3. The van der Waals surface area contributed by atoms with Gasteiger partial charge in [-0.25, -0.2) is 0 Å². The van der Waals surface area contributed by atoms with Crippen molar-refractivity contribution in [2.75, 3.05) is 4.90 Å². The monoisotopic (exact) mass is 685 g/mol. The third-order valence-corrected chi connectivity index (χ3v) is 15.5. The third kappa shape index (κ3) is 4.19. The molecule has 0 unspecified atom stereocenters. The first-order chi connectivity index (χ1) is 24.7. The minimum absolute atomic E-state index is 0.0394. The number of para-hydroxylation sites is 1. The lowest BCUT2D eigenvalue weighted by molar-refractivity contribution is -0.0443. The van der Waals surface area contributed by atoms with Gasteiger partial charge in [-0.3, -0.25) is 0 Å². The molecule has 12 rings (SSSR count). The summed E-state index contributed by atoms with van der Waals surface area (Å²) in [6, 6.07) is 39.5. The number of hydrogen-bond acceptors (Lipinski definition) is 3. The Bertz CT molecular complexity index is 2370.